The molecule has 1 aliphatic rings. The summed E-state index contributed by atoms with van der Waals surface area (Å²) in [5.74, 6) is -0.0167. The molecule has 0 radical (unpaired) electrons. The van der Waals surface area contributed by atoms with Crippen molar-refractivity contribution in [2.45, 2.75) is 32.7 Å². The number of rotatable bonds is 5. The molecule has 0 aromatic carbocycles. The molecule has 0 saturated carbocycles. The van der Waals surface area contributed by atoms with E-state index < -0.39 is 10.0 Å². The van der Waals surface area contributed by atoms with Crippen molar-refractivity contribution in [3.05, 3.63) is 10.6 Å². The van der Waals surface area contributed by atoms with E-state index in [1.54, 1.807) is 4.90 Å². The van der Waals surface area contributed by atoms with Gasteiger partial charge in [-0.15, -0.1) is 0 Å². The fraction of sp³-hybridized carbons (Fsp3) is 0.692. The second-order valence-electron chi connectivity index (χ2n) is 5.42. The Hall–Kier alpha value is -1.19. The van der Waals surface area contributed by atoms with E-state index in [4.69, 9.17) is 0 Å². The Bertz CT molecular complexity index is 634. The molecule has 1 aromatic rings. The van der Waals surface area contributed by atoms with Crippen molar-refractivity contribution in [1.82, 2.24) is 14.6 Å². The smallest absolute Gasteiger partial charge is 0.265 e. The first-order valence-corrected chi connectivity index (χ1v) is 9.99. The van der Waals surface area contributed by atoms with Gasteiger partial charge in [-0.25, -0.2) is 18.1 Å². The van der Waals surface area contributed by atoms with Gasteiger partial charge in [0, 0.05) is 25.7 Å². The van der Waals surface area contributed by atoms with E-state index in [0.717, 1.165) is 23.6 Å². The lowest BCUT2D eigenvalue weighted by Gasteiger charge is -2.31. The number of carbonyl (C=O) groups excluding carboxylic acids is 1. The molecule has 1 aliphatic heterocycles. The van der Waals surface area contributed by atoms with Crippen LogP contribution in [0.1, 0.15) is 35.1 Å². The van der Waals surface area contributed by atoms with E-state index in [1.165, 1.54) is 11.3 Å². The Morgan fingerprint density at radius 3 is 2.59 bits per heavy atom. The maximum Gasteiger partial charge on any atom is 0.265 e. The molecule has 0 spiro atoms. The maximum atomic E-state index is 12.6. The van der Waals surface area contributed by atoms with Crippen molar-refractivity contribution >= 4 is 32.4 Å². The van der Waals surface area contributed by atoms with Crippen LogP contribution in [-0.4, -0.2) is 56.1 Å². The summed E-state index contributed by atoms with van der Waals surface area (Å²) in [6.45, 7) is 5.70. The summed E-state index contributed by atoms with van der Waals surface area (Å²) in [5.41, 5.74) is 0.738. The Balaban J connectivity index is 1.98. The van der Waals surface area contributed by atoms with E-state index in [9.17, 15) is 13.2 Å². The van der Waals surface area contributed by atoms with Crippen LogP contribution in [0.5, 0.6) is 0 Å². The third kappa shape index (κ3) is 4.40. The summed E-state index contributed by atoms with van der Waals surface area (Å²) >= 11 is 1.37. The number of likely N-dealkylation sites (tertiary alicyclic amines) is 1. The highest BCUT2D eigenvalue weighted by Gasteiger charge is 2.27. The molecule has 0 aliphatic carbocycles. The van der Waals surface area contributed by atoms with E-state index in [0.29, 0.717) is 30.8 Å². The van der Waals surface area contributed by atoms with Crippen LogP contribution >= 0.6 is 11.3 Å². The fourth-order valence-electron chi connectivity index (χ4n) is 2.47. The minimum absolute atomic E-state index is 0.0167. The highest BCUT2D eigenvalue weighted by atomic mass is 32.2. The normalized spacial score (nSPS) is 16.8. The lowest BCUT2D eigenvalue weighted by atomic mass is 10.1. The number of piperidine rings is 1. The van der Waals surface area contributed by atoms with Crippen LogP contribution in [0, 0.1) is 6.92 Å². The van der Waals surface area contributed by atoms with Gasteiger partial charge in [-0.3, -0.25) is 4.79 Å². The molecule has 7 nitrogen and oxygen atoms in total. The van der Waals surface area contributed by atoms with Crippen molar-refractivity contribution in [3.8, 4) is 0 Å². The number of anilines is 1. The molecule has 0 bridgehead atoms. The van der Waals surface area contributed by atoms with Gasteiger partial charge in [0.15, 0.2) is 5.13 Å². The first-order chi connectivity index (χ1) is 10.3. The molecule has 2 N–H and O–H groups in total. The average Bonchev–Trinajstić information content (AvgIpc) is 2.78. The van der Waals surface area contributed by atoms with Crippen LogP contribution in [0.3, 0.4) is 0 Å². The quantitative estimate of drug-likeness (QED) is 0.831. The third-order valence-corrected chi connectivity index (χ3v) is 5.35. The number of sulfonamides is 1. The Kier molecular flexibility index (Phi) is 5.41. The largest absolute Gasteiger partial charge is 0.362 e. The fourth-order valence-corrected chi connectivity index (χ4v) is 4.31. The number of amides is 1. The lowest BCUT2D eigenvalue weighted by Crippen LogP contribution is -2.46. The molecular weight excluding hydrogens is 324 g/mol. The van der Waals surface area contributed by atoms with Crippen LogP contribution < -0.4 is 10.0 Å². The molecule has 2 rings (SSSR count). The number of carbonyl (C=O) groups is 1. The summed E-state index contributed by atoms with van der Waals surface area (Å²) in [6, 6.07) is -0.0843. The zero-order valence-electron chi connectivity index (χ0n) is 13.0. The standard InChI is InChI=1S/C13H22N4O3S2/c1-4-14-13-15-9(2)11(21-13)12(18)17-7-5-10(6-8-17)16-22(3,19)20/h10,16H,4-8H2,1-3H3,(H,14,15). The molecule has 0 atom stereocenters. The van der Waals surface area contributed by atoms with Gasteiger partial charge in [0.2, 0.25) is 10.0 Å². The van der Waals surface area contributed by atoms with Crippen molar-refractivity contribution in [3.63, 3.8) is 0 Å². The molecule has 9 heteroatoms. The number of aryl methyl sites for hydroxylation is 1. The van der Waals surface area contributed by atoms with Crippen molar-refractivity contribution in [2.75, 3.05) is 31.2 Å². The van der Waals surface area contributed by atoms with Crippen LogP contribution in [0.2, 0.25) is 0 Å². The summed E-state index contributed by atoms with van der Waals surface area (Å²) < 4.78 is 25.1. The molecule has 1 saturated heterocycles. The van der Waals surface area contributed by atoms with Gasteiger partial charge in [0.05, 0.1) is 11.9 Å². The number of nitrogens with zero attached hydrogens (tertiary/aromatic N) is 2. The minimum Gasteiger partial charge on any atom is -0.362 e. The van der Waals surface area contributed by atoms with Gasteiger partial charge in [-0.1, -0.05) is 11.3 Å². The number of nitrogens with one attached hydrogen (secondary N) is 2. The average molecular weight is 346 g/mol. The van der Waals surface area contributed by atoms with Gasteiger partial charge in [0.1, 0.15) is 4.88 Å². The van der Waals surface area contributed by atoms with Crippen LogP contribution in [-0.2, 0) is 10.0 Å². The summed E-state index contributed by atoms with van der Waals surface area (Å²) in [5, 5.41) is 3.88. The van der Waals surface area contributed by atoms with E-state index in [2.05, 4.69) is 15.0 Å². The Labute approximate surface area is 135 Å². The second-order valence-corrected chi connectivity index (χ2v) is 8.20. The zero-order chi connectivity index (χ0) is 16.3. The van der Waals surface area contributed by atoms with Gasteiger partial charge in [0.25, 0.3) is 5.91 Å². The van der Waals surface area contributed by atoms with Crippen molar-refractivity contribution in [1.29, 1.82) is 0 Å². The zero-order valence-corrected chi connectivity index (χ0v) is 14.7. The summed E-state index contributed by atoms with van der Waals surface area (Å²) in [4.78, 5) is 19.3. The predicted octanol–water partition coefficient (Wildman–Crippen LogP) is 1.04. The molecule has 22 heavy (non-hydrogen) atoms. The molecule has 1 aromatic heterocycles. The lowest BCUT2D eigenvalue weighted by molar-refractivity contribution is 0.0715. The molecule has 124 valence electrons. The topological polar surface area (TPSA) is 91.4 Å². The van der Waals surface area contributed by atoms with E-state index in [-0.39, 0.29) is 11.9 Å². The highest BCUT2D eigenvalue weighted by molar-refractivity contribution is 7.88. The first-order valence-electron chi connectivity index (χ1n) is 7.28. The molecule has 0 unspecified atom stereocenters. The molecule has 2 heterocycles. The molecule has 1 amide bonds. The number of hydrogen-bond acceptors (Lipinski definition) is 6. The van der Waals surface area contributed by atoms with E-state index in [1.807, 2.05) is 13.8 Å². The Morgan fingerprint density at radius 1 is 1.41 bits per heavy atom. The molecular formula is C13H22N4O3S2. The predicted molar refractivity (Wildman–Crippen MR) is 87.9 cm³/mol. The van der Waals surface area contributed by atoms with E-state index >= 15 is 0 Å². The summed E-state index contributed by atoms with van der Waals surface area (Å²) in [6.07, 6.45) is 2.43. The highest BCUT2D eigenvalue weighted by Crippen LogP contribution is 2.25. The van der Waals surface area contributed by atoms with Crippen molar-refractivity contribution in [2.24, 2.45) is 0 Å². The Morgan fingerprint density at radius 2 is 2.05 bits per heavy atom. The van der Waals surface area contributed by atoms with Gasteiger partial charge in [-0.05, 0) is 26.7 Å². The third-order valence-electron chi connectivity index (χ3n) is 3.48. The second kappa shape index (κ2) is 6.93. The molecule has 1 fully saturated rings. The number of aromatic nitrogens is 1. The van der Waals surface area contributed by atoms with Gasteiger partial charge >= 0.3 is 0 Å². The number of thiazole rings is 1. The van der Waals surface area contributed by atoms with Gasteiger partial charge in [-0.2, -0.15) is 0 Å². The van der Waals surface area contributed by atoms with Crippen molar-refractivity contribution < 1.29 is 13.2 Å². The van der Waals surface area contributed by atoms with Crippen LogP contribution in [0.15, 0.2) is 0 Å². The number of hydrogen-bond donors (Lipinski definition) is 2. The van der Waals surface area contributed by atoms with Gasteiger partial charge < -0.3 is 10.2 Å². The maximum absolute atomic E-state index is 12.6. The monoisotopic (exact) mass is 346 g/mol. The first kappa shape index (κ1) is 17.2. The van der Waals surface area contributed by atoms with Crippen LogP contribution in [0.25, 0.3) is 0 Å². The minimum atomic E-state index is -3.19. The summed E-state index contributed by atoms with van der Waals surface area (Å²) in [7, 11) is -3.19. The van der Waals surface area contributed by atoms with Crippen LogP contribution in [0.4, 0.5) is 5.13 Å². The SMILES string of the molecule is CCNc1nc(C)c(C(=O)N2CCC(NS(C)(=O)=O)CC2)s1.